The van der Waals surface area contributed by atoms with Crippen molar-refractivity contribution in [1.29, 1.82) is 5.26 Å². The van der Waals surface area contributed by atoms with Gasteiger partial charge in [-0.3, -0.25) is 15.1 Å². The van der Waals surface area contributed by atoms with E-state index in [4.69, 9.17) is 16.9 Å². The van der Waals surface area contributed by atoms with Gasteiger partial charge in [-0.25, -0.2) is 4.98 Å². The summed E-state index contributed by atoms with van der Waals surface area (Å²) in [6.45, 7) is 0. The number of rotatable bonds is 5. The summed E-state index contributed by atoms with van der Waals surface area (Å²) in [5.41, 5.74) is 0.944. The Morgan fingerprint density at radius 2 is 2.00 bits per heavy atom. The number of nitriles is 1. The predicted molar refractivity (Wildman–Crippen MR) is 96.8 cm³/mol. The monoisotopic (exact) mass is 365 g/mol. The van der Waals surface area contributed by atoms with Gasteiger partial charge in [0.05, 0.1) is 16.7 Å². The topological polar surface area (TPSA) is 105 Å². The summed E-state index contributed by atoms with van der Waals surface area (Å²) in [6, 6.07) is 15.1. The minimum absolute atomic E-state index is 0.00956. The summed E-state index contributed by atoms with van der Waals surface area (Å²) < 4.78 is 0. The smallest absolute Gasteiger partial charge is 0.329 e. The zero-order chi connectivity index (χ0) is 18.5. The Morgan fingerprint density at radius 1 is 1.15 bits per heavy atom. The Hall–Kier alpha value is -3.50. The first kappa shape index (κ1) is 17.3. The third-order valence-corrected chi connectivity index (χ3v) is 3.91. The average molecular weight is 366 g/mol. The van der Waals surface area contributed by atoms with E-state index in [2.05, 4.69) is 15.3 Å². The van der Waals surface area contributed by atoms with Crippen molar-refractivity contribution in [3.05, 3.63) is 92.9 Å². The number of aromatic nitrogens is 2. The normalized spacial score (nSPS) is 11.4. The molecule has 2 heterocycles. The molecule has 1 aromatic carbocycles. The number of anilines is 1. The second kappa shape index (κ2) is 7.59. The highest BCUT2D eigenvalue weighted by molar-refractivity contribution is 6.30. The fourth-order valence-electron chi connectivity index (χ4n) is 2.53. The van der Waals surface area contributed by atoms with Gasteiger partial charge in [-0.2, -0.15) is 5.26 Å². The van der Waals surface area contributed by atoms with E-state index in [-0.39, 0.29) is 17.1 Å². The van der Waals surface area contributed by atoms with Crippen molar-refractivity contribution in [2.24, 2.45) is 0 Å². The number of nitro groups is 1. The van der Waals surface area contributed by atoms with Gasteiger partial charge in [-0.1, -0.05) is 29.8 Å². The van der Waals surface area contributed by atoms with Gasteiger partial charge in [0.2, 0.25) is 5.82 Å². The number of hydrogen-bond donors (Lipinski definition) is 1. The van der Waals surface area contributed by atoms with Gasteiger partial charge in [-0.15, -0.1) is 0 Å². The van der Waals surface area contributed by atoms with E-state index in [0.717, 1.165) is 5.56 Å². The molecule has 0 aliphatic carbocycles. The van der Waals surface area contributed by atoms with Crippen LogP contribution >= 0.6 is 11.6 Å². The Balaban J connectivity index is 2.11. The van der Waals surface area contributed by atoms with Crippen molar-refractivity contribution in [2.45, 2.75) is 6.04 Å². The molecule has 0 amide bonds. The minimum Gasteiger partial charge on any atom is -0.352 e. The van der Waals surface area contributed by atoms with E-state index in [1.165, 1.54) is 12.3 Å². The maximum Gasteiger partial charge on any atom is 0.329 e. The molecule has 0 fully saturated rings. The molecule has 2 aromatic heterocycles. The van der Waals surface area contributed by atoms with E-state index >= 15 is 0 Å². The van der Waals surface area contributed by atoms with E-state index in [1.807, 2.05) is 18.2 Å². The molecular weight excluding hydrogens is 354 g/mol. The highest BCUT2D eigenvalue weighted by Crippen LogP contribution is 2.32. The summed E-state index contributed by atoms with van der Waals surface area (Å²) in [6.07, 6.45) is 2.98. The van der Waals surface area contributed by atoms with E-state index in [9.17, 15) is 10.1 Å². The highest BCUT2D eigenvalue weighted by atomic mass is 35.5. The molecule has 0 bridgehead atoms. The van der Waals surface area contributed by atoms with E-state index in [1.54, 1.807) is 36.5 Å². The van der Waals surface area contributed by atoms with E-state index in [0.29, 0.717) is 10.7 Å². The van der Waals surface area contributed by atoms with Gasteiger partial charge in [0, 0.05) is 17.4 Å². The van der Waals surface area contributed by atoms with Crippen LogP contribution in [0.4, 0.5) is 11.5 Å². The average Bonchev–Trinajstić information content (AvgIpc) is 2.66. The zero-order valence-electron chi connectivity index (χ0n) is 13.3. The van der Waals surface area contributed by atoms with E-state index < -0.39 is 11.0 Å². The minimum atomic E-state index is -0.624. The van der Waals surface area contributed by atoms with Crippen LogP contribution in [0.5, 0.6) is 0 Å². The van der Waals surface area contributed by atoms with Crippen LogP contribution in [0.25, 0.3) is 0 Å². The quantitative estimate of drug-likeness (QED) is 0.538. The molecule has 0 spiro atoms. The number of pyridine rings is 2. The van der Waals surface area contributed by atoms with Crippen LogP contribution in [0.1, 0.15) is 22.9 Å². The molecule has 1 atom stereocenters. The first-order valence-electron chi connectivity index (χ1n) is 7.56. The third kappa shape index (κ3) is 3.61. The van der Waals surface area contributed by atoms with Crippen LogP contribution in [0.3, 0.4) is 0 Å². The first-order valence-corrected chi connectivity index (χ1v) is 7.94. The Labute approximate surface area is 154 Å². The van der Waals surface area contributed by atoms with Crippen molar-refractivity contribution in [1.82, 2.24) is 9.97 Å². The molecule has 1 N–H and O–H groups in total. The molecule has 8 heteroatoms. The molecule has 26 heavy (non-hydrogen) atoms. The lowest BCUT2D eigenvalue weighted by atomic mass is 10.0. The number of halogens is 1. The maximum absolute atomic E-state index is 11.4. The van der Waals surface area contributed by atoms with Crippen LogP contribution < -0.4 is 5.32 Å². The molecule has 0 aliphatic rings. The molecule has 0 aliphatic heterocycles. The van der Waals surface area contributed by atoms with Gasteiger partial charge in [0.15, 0.2) is 0 Å². The Morgan fingerprint density at radius 3 is 2.65 bits per heavy atom. The largest absolute Gasteiger partial charge is 0.352 e. The van der Waals surface area contributed by atoms with Crippen molar-refractivity contribution in [3.8, 4) is 6.07 Å². The van der Waals surface area contributed by atoms with Gasteiger partial charge < -0.3 is 5.32 Å². The van der Waals surface area contributed by atoms with Crippen LogP contribution in [0, 0.1) is 21.4 Å². The summed E-state index contributed by atoms with van der Waals surface area (Å²) in [5.74, 6) is -0.00956. The molecular formula is C18H12ClN5O2. The van der Waals surface area contributed by atoms with Gasteiger partial charge in [0.1, 0.15) is 11.6 Å². The predicted octanol–water partition coefficient (Wildman–Crippen LogP) is 4.11. The lowest BCUT2D eigenvalue weighted by Gasteiger charge is -2.19. The van der Waals surface area contributed by atoms with Crippen LogP contribution in [-0.2, 0) is 0 Å². The number of nitrogens with zero attached hydrogens (tertiary/aromatic N) is 4. The van der Waals surface area contributed by atoms with Gasteiger partial charge >= 0.3 is 5.69 Å². The maximum atomic E-state index is 11.4. The first-order chi connectivity index (χ1) is 12.6. The Kier molecular flexibility index (Phi) is 5.06. The lowest BCUT2D eigenvalue weighted by molar-refractivity contribution is -0.384. The van der Waals surface area contributed by atoms with Gasteiger partial charge in [-0.05, 0) is 35.9 Å². The van der Waals surface area contributed by atoms with Crippen LogP contribution in [0.15, 0.2) is 60.9 Å². The summed E-state index contributed by atoms with van der Waals surface area (Å²) in [7, 11) is 0. The zero-order valence-corrected chi connectivity index (χ0v) is 14.1. The third-order valence-electron chi connectivity index (χ3n) is 3.67. The summed E-state index contributed by atoms with van der Waals surface area (Å²) in [4.78, 5) is 19.2. The molecule has 0 saturated heterocycles. The fourth-order valence-corrected chi connectivity index (χ4v) is 2.73. The lowest BCUT2D eigenvalue weighted by Crippen LogP contribution is -2.16. The van der Waals surface area contributed by atoms with Crippen molar-refractivity contribution >= 4 is 23.1 Å². The standard InChI is InChI=1S/C18H12ClN5O2/c19-14-5-3-4-12(10-14)16(15-6-1-2-8-21-15)23-18-17(24(25)26)13(11-20)7-9-22-18/h1-10,16H,(H,22,23). The van der Waals surface area contributed by atoms with Crippen molar-refractivity contribution in [2.75, 3.05) is 5.32 Å². The summed E-state index contributed by atoms with van der Waals surface area (Å²) in [5, 5.41) is 24.2. The molecule has 128 valence electrons. The Bertz CT molecular complexity index is 988. The van der Waals surface area contributed by atoms with Gasteiger partial charge in [0.25, 0.3) is 0 Å². The number of benzene rings is 1. The molecule has 0 saturated carbocycles. The second-order valence-electron chi connectivity index (χ2n) is 5.31. The molecule has 1 unspecified atom stereocenters. The SMILES string of the molecule is N#Cc1ccnc(NC(c2cccc(Cl)c2)c2ccccn2)c1[N+](=O)[O-]. The van der Waals surface area contributed by atoms with Crippen molar-refractivity contribution in [3.63, 3.8) is 0 Å². The van der Waals surface area contributed by atoms with Crippen molar-refractivity contribution < 1.29 is 4.92 Å². The summed E-state index contributed by atoms with van der Waals surface area (Å²) >= 11 is 6.09. The molecule has 0 radical (unpaired) electrons. The second-order valence-corrected chi connectivity index (χ2v) is 5.75. The van der Waals surface area contributed by atoms with Crippen LogP contribution in [0.2, 0.25) is 5.02 Å². The molecule has 3 rings (SSSR count). The number of hydrogen-bond acceptors (Lipinski definition) is 6. The van der Waals surface area contributed by atoms with Crippen LogP contribution in [-0.4, -0.2) is 14.9 Å². The number of nitrogens with one attached hydrogen (secondary N) is 1. The molecule has 3 aromatic rings. The highest BCUT2D eigenvalue weighted by Gasteiger charge is 2.25. The fraction of sp³-hybridized carbons (Fsp3) is 0.0556. The molecule has 7 nitrogen and oxygen atoms in total.